The molecule has 1 aromatic carbocycles. The van der Waals surface area contributed by atoms with Crippen LogP contribution in [0.1, 0.15) is 24.1 Å². The van der Waals surface area contributed by atoms with Crippen molar-refractivity contribution in [1.82, 2.24) is 9.97 Å². The summed E-state index contributed by atoms with van der Waals surface area (Å²) in [6.45, 7) is 2.05. The molecule has 20 heavy (non-hydrogen) atoms. The molecule has 0 aliphatic rings. The summed E-state index contributed by atoms with van der Waals surface area (Å²) in [5.74, 6) is 0.974. The van der Waals surface area contributed by atoms with Crippen LogP contribution in [0, 0.1) is 0 Å². The smallest absolute Gasteiger partial charge is 0.138 e. The van der Waals surface area contributed by atoms with Crippen LogP contribution in [0.2, 0.25) is 10.2 Å². The van der Waals surface area contributed by atoms with E-state index in [9.17, 15) is 0 Å². The number of alkyl halides is 1. The van der Waals surface area contributed by atoms with E-state index in [0.29, 0.717) is 11.0 Å². The molecule has 0 saturated carbocycles. The van der Waals surface area contributed by atoms with E-state index >= 15 is 0 Å². The van der Waals surface area contributed by atoms with E-state index in [1.807, 2.05) is 36.2 Å². The van der Waals surface area contributed by atoms with Crippen LogP contribution in [0.15, 0.2) is 30.6 Å². The Morgan fingerprint density at radius 2 is 1.90 bits per heavy atom. The van der Waals surface area contributed by atoms with Gasteiger partial charge in [0.15, 0.2) is 0 Å². The highest BCUT2D eigenvalue weighted by molar-refractivity contribution is 6.32. The van der Waals surface area contributed by atoms with Crippen LogP contribution in [-0.4, -0.2) is 17.0 Å². The van der Waals surface area contributed by atoms with Crippen LogP contribution in [-0.2, 0) is 5.88 Å². The molecule has 0 aliphatic carbocycles. The summed E-state index contributed by atoms with van der Waals surface area (Å²) in [5.41, 5.74) is 1.74. The molecule has 2 aromatic rings. The van der Waals surface area contributed by atoms with Crippen LogP contribution < -0.4 is 4.90 Å². The van der Waals surface area contributed by atoms with Crippen molar-refractivity contribution in [2.24, 2.45) is 0 Å². The van der Waals surface area contributed by atoms with Gasteiger partial charge in [-0.1, -0.05) is 41.4 Å². The molecule has 2 rings (SSSR count). The van der Waals surface area contributed by atoms with Gasteiger partial charge in [0.2, 0.25) is 0 Å². The predicted octanol–water partition coefficient (Wildman–Crippen LogP) is 4.72. The highest BCUT2D eigenvalue weighted by atomic mass is 35.5. The Morgan fingerprint density at radius 1 is 1.20 bits per heavy atom. The Morgan fingerprint density at radius 3 is 2.55 bits per heavy atom. The molecule has 0 spiro atoms. The zero-order valence-corrected chi connectivity index (χ0v) is 13.4. The number of nitrogens with zero attached hydrogens (tertiary/aromatic N) is 3. The third kappa shape index (κ3) is 3.00. The van der Waals surface area contributed by atoms with Crippen molar-refractivity contribution in [3.63, 3.8) is 0 Å². The normalized spacial score (nSPS) is 12.2. The third-order valence-corrected chi connectivity index (χ3v) is 4.21. The van der Waals surface area contributed by atoms with Gasteiger partial charge >= 0.3 is 0 Å². The minimum Gasteiger partial charge on any atom is -0.352 e. The number of anilines is 1. The topological polar surface area (TPSA) is 29.0 Å². The number of benzene rings is 1. The van der Waals surface area contributed by atoms with Crippen LogP contribution in [0.3, 0.4) is 0 Å². The molecule has 1 heterocycles. The quantitative estimate of drug-likeness (QED) is 0.600. The maximum absolute atomic E-state index is 6.24. The Kier molecular flexibility index (Phi) is 5.08. The van der Waals surface area contributed by atoms with Crippen LogP contribution in [0.25, 0.3) is 0 Å². The number of hydrogen-bond donors (Lipinski definition) is 0. The van der Waals surface area contributed by atoms with Crippen molar-refractivity contribution in [2.75, 3.05) is 11.9 Å². The first-order chi connectivity index (χ1) is 9.56. The second kappa shape index (κ2) is 6.61. The van der Waals surface area contributed by atoms with E-state index in [1.54, 1.807) is 0 Å². The average Bonchev–Trinajstić information content (AvgIpc) is 2.46. The molecule has 106 valence electrons. The fourth-order valence-corrected chi connectivity index (χ4v) is 2.81. The molecule has 0 fully saturated rings. The fourth-order valence-electron chi connectivity index (χ4n) is 2.01. The summed E-state index contributed by atoms with van der Waals surface area (Å²) in [7, 11) is 1.93. The average molecular weight is 331 g/mol. The summed E-state index contributed by atoms with van der Waals surface area (Å²) in [4.78, 5) is 10.2. The van der Waals surface area contributed by atoms with E-state index in [1.165, 1.54) is 6.33 Å². The lowest BCUT2D eigenvalue weighted by Gasteiger charge is -2.28. The molecule has 1 atom stereocenters. The van der Waals surface area contributed by atoms with Gasteiger partial charge in [0.25, 0.3) is 0 Å². The number of rotatable bonds is 4. The SMILES string of the molecule is CC(c1ccccc1Cl)N(C)c1ncnc(Cl)c1CCl. The highest BCUT2D eigenvalue weighted by Gasteiger charge is 2.20. The van der Waals surface area contributed by atoms with Crippen molar-refractivity contribution in [2.45, 2.75) is 18.8 Å². The predicted molar refractivity (Wildman–Crippen MR) is 84.9 cm³/mol. The van der Waals surface area contributed by atoms with Gasteiger partial charge in [0.1, 0.15) is 17.3 Å². The Balaban J connectivity index is 2.39. The molecular formula is C14H14Cl3N3. The monoisotopic (exact) mass is 329 g/mol. The maximum Gasteiger partial charge on any atom is 0.138 e. The van der Waals surface area contributed by atoms with Gasteiger partial charge in [0.05, 0.1) is 11.9 Å². The van der Waals surface area contributed by atoms with Crippen molar-refractivity contribution in [1.29, 1.82) is 0 Å². The maximum atomic E-state index is 6.24. The minimum absolute atomic E-state index is 0.0385. The van der Waals surface area contributed by atoms with E-state index in [2.05, 4.69) is 16.9 Å². The lowest BCUT2D eigenvalue weighted by molar-refractivity contribution is 0.723. The molecule has 0 N–H and O–H groups in total. The van der Waals surface area contributed by atoms with E-state index in [0.717, 1.165) is 16.1 Å². The minimum atomic E-state index is 0.0385. The number of aromatic nitrogens is 2. The zero-order valence-electron chi connectivity index (χ0n) is 11.1. The molecule has 1 aromatic heterocycles. The van der Waals surface area contributed by atoms with Crippen LogP contribution in [0.4, 0.5) is 5.82 Å². The Labute approximate surface area is 133 Å². The lowest BCUT2D eigenvalue weighted by atomic mass is 10.1. The summed E-state index contributed by atoms with van der Waals surface area (Å²) in [6, 6.07) is 7.77. The Hall–Kier alpha value is -1.03. The highest BCUT2D eigenvalue weighted by Crippen LogP contribution is 2.32. The van der Waals surface area contributed by atoms with Crippen molar-refractivity contribution in [3.8, 4) is 0 Å². The van der Waals surface area contributed by atoms with Crippen molar-refractivity contribution >= 4 is 40.6 Å². The summed E-state index contributed by atoms with van der Waals surface area (Å²) in [6.07, 6.45) is 1.43. The molecule has 6 heteroatoms. The standard InChI is InChI=1S/C14H14Cl3N3/c1-9(10-5-3-4-6-12(10)16)20(2)14-11(7-15)13(17)18-8-19-14/h3-6,8-9H,7H2,1-2H3. The van der Waals surface area contributed by atoms with Crippen LogP contribution in [0.5, 0.6) is 0 Å². The van der Waals surface area contributed by atoms with Gasteiger partial charge in [-0.2, -0.15) is 0 Å². The summed E-state index contributed by atoms with van der Waals surface area (Å²) >= 11 is 18.3. The van der Waals surface area contributed by atoms with Gasteiger partial charge in [-0.15, -0.1) is 11.6 Å². The number of halogens is 3. The molecule has 0 amide bonds. The van der Waals surface area contributed by atoms with Crippen LogP contribution >= 0.6 is 34.8 Å². The summed E-state index contributed by atoms with van der Waals surface area (Å²) in [5, 5.41) is 1.10. The van der Waals surface area contributed by atoms with Gasteiger partial charge < -0.3 is 4.90 Å². The molecule has 0 aliphatic heterocycles. The molecule has 1 unspecified atom stereocenters. The molecule has 0 saturated heterocycles. The van der Waals surface area contributed by atoms with Crippen molar-refractivity contribution in [3.05, 3.63) is 51.9 Å². The first-order valence-corrected chi connectivity index (χ1v) is 7.38. The lowest BCUT2D eigenvalue weighted by Crippen LogP contribution is -2.24. The first-order valence-electron chi connectivity index (χ1n) is 6.08. The van der Waals surface area contributed by atoms with Gasteiger partial charge in [-0.3, -0.25) is 0 Å². The molecule has 0 bridgehead atoms. The third-order valence-electron chi connectivity index (χ3n) is 3.27. The largest absolute Gasteiger partial charge is 0.352 e. The van der Waals surface area contributed by atoms with Crippen molar-refractivity contribution < 1.29 is 0 Å². The van der Waals surface area contributed by atoms with E-state index < -0.39 is 0 Å². The molecule has 3 nitrogen and oxygen atoms in total. The fraction of sp³-hybridized carbons (Fsp3) is 0.286. The van der Waals surface area contributed by atoms with Gasteiger partial charge in [-0.05, 0) is 18.6 Å². The second-order valence-corrected chi connectivity index (χ2v) is 5.44. The van der Waals surface area contributed by atoms with E-state index in [-0.39, 0.29) is 11.9 Å². The Bertz CT molecular complexity index is 604. The second-order valence-electron chi connectivity index (χ2n) is 4.41. The van der Waals surface area contributed by atoms with Gasteiger partial charge in [-0.25, -0.2) is 9.97 Å². The zero-order chi connectivity index (χ0) is 14.7. The number of hydrogen-bond acceptors (Lipinski definition) is 3. The first kappa shape index (κ1) is 15.4. The molecular weight excluding hydrogens is 317 g/mol. The van der Waals surface area contributed by atoms with E-state index in [4.69, 9.17) is 34.8 Å². The van der Waals surface area contributed by atoms with Gasteiger partial charge in [0, 0.05) is 17.6 Å². The molecule has 0 radical (unpaired) electrons. The summed E-state index contributed by atoms with van der Waals surface area (Å²) < 4.78 is 0.